The van der Waals surface area contributed by atoms with E-state index in [4.69, 9.17) is 21.6 Å². The molecule has 3 aromatic rings. The van der Waals surface area contributed by atoms with Crippen LogP contribution in [0.4, 0.5) is 11.5 Å². The van der Waals surface area contributed by atoms with Crippen LogP contribution in [-0.4, -0.2) is 66.4 Å². The summed E-state index contributed by atoms with van der Waals surface area (Å²) < 4.78 is 6.32. The summed E-state index contributed by atoms with van der Waals surface area (Å²) in [6.45, 7) is 3.58. The van der Waals surface area contributed by atoms with Gasteiger partial charge in [0.15, 0.2) is 10.9 Å². The SMILES string of the molecule is CN1CCN(c2ccc(Sc3nccc(NC(=O)CN)n3)cc2Oc2cccc(C(=N)N)c2)CC1. The van der Waals surface area contributed by atoms with Gasteiger partial charge >= 0.3 is 0 Å². The molecule has 10 nitrogen and oxygen atoms in total. The van der Waals surface area contributed by atoms with Crippen molar-refractivity contribution in [2.45, 2.75) is 10.1 Å². The van der Waals surface area contributed by atoms with E-state index in [1.54, 1.807) is 24.4 Å². The quantitative estimate of drug-likeness (QED) is 0.211. The Bertz CT molecular complexity index is 1210. The van der Waals surface area contributed by atoms with Crippen LogP contribution in [0.1, 0.15) is 5.56 Å². The summed E-state index contributed by atoms with van der Waals surface area (Å²) >= 11 is 1.36. The van der Waals surface area contributed by atoms with Gasteiger partial charge in [0, 0.05) is 42.8 Å². The first-order chi connectivity index (χ1) is 16.9. The maximum atomic E-state index is 11.6. The van der Waals surface area contributed by atoms with Crippen molar-refractivity contribution in [1.29, 1.82) is 5.41 Å². The number of nitrogens with two attached hydrogens (primary N) is 2. The fraction of sp³-hybridized carbons (Fsp3) is 0.250. The van der Waals surface area contributed by atoms with Crippen molar-refractivity contribution in [2.75, 3.05) is 50.0 Å². The topological polar surface area (TPSA) is 146 Å². The van der Waals surface area contributed by atoms with Gasteiger partial charge in [0.05, 0.1) is 12.2 Å². The van der Waals surface area contributed by atoms with Crippen molar-refractivity contribution in [2.24, 2.45) is 11.5 Å². The Kier molecular flexibility index (Phi) is 7.80. The van der Waals surface area contributed by atoms with Crippen molar-refractivity contribution in [3.8, 4) is 11.5 Å². The molecule has 0 spiro atoms. The fourth-order valence-corrected chi connectivity index (χ4v) is 4.33. The number of ether oxygens (including phenoxy) is 1. The van der Waals surface area contributed by atoms with Crippen molar-refractivity contribution < 1.29 is 9.53 Å². The number of rotatable bonds is 8. The number of amides is 1. The van der Waals surface area contributed by atoms with E-state index < -0.39 is 0 Å². The van der Waals surface area contributed by atoms with Gasteiger partial charge in [0.1, 0.15) is 17.4 Å². The highest BCUT2D eigenvalue weighted by Crippen LogP contribution is 2.38. The summed E-state index contributed by atoms with van der Waals surface area (Å²) in [4.78, 5) is 25.8. The lowest BCUT2D eigenvalue weighted by Crippen LogP contribution is -2.44. The van der Waals surface area contributed by atoms with E-state index in [2.05, 4.69) is 32.1 Å². The molecule has 0 aliphatic carbocycles. The Hall–Kier alpha value is -3.67. The molecule has 0 saturated carbocycles. The van der Waals surface area contributed by atoms with Crippen LogP contribution in [0.15, 0.2) is 64.8 Å². The first-order valence-electron chi connectivity index (χ1n) is 11.1. The number of amidine groups is 1. The van der Waals surface area contributed by atoms with Gasteiger partial charge in [0.25, 0.3) is 0 Å². The Balaban J connectivity index is 1.62. The molecule has 1 amide bonds. The molecule has 1 fully saturated rings. The van der Waals surface area contributed by atoms with E-state index in [9.17, 15) is 4.79 Å². The van der Waals surface area contributed by atoms with E-state index in [0.717, 1.165) is 36.8 Å². The van der Waals surface area contributed by atoms with Crippen LogP contribution >= 0.6 is 11.8 Å². The van der Waals surface area contributed by atoms with Crippen LogP contribution in [-0.2, 0) is 4.79 Å². The molecule has 11 heteroatoms. The molecule has 1 saturated heterocycles. The number of piperazine rings is 1. The Morgan fingerprint density at radius 3 is 2.71 bits per heavy atom. The third kappa shape index (κ3) is 6.47. The smallest absolute Gasteiger partial charge is 0.239 e. The molecule has 6 N–H and O–H groups in total. The van der Waals surface area contributed by atoms with Gasteiger partial charge in [-0.05, 0) is 55.2 Å². The summed E-state index contributed by atoms with van der Waals surface area (Å²) in [5, 5.41) is 10.8. The minimum atomic E-state index is -0.320. The number of anilines is 2. The van der Waals surface area contributed by atoms with Gasteiger partial charge in [-0.3, -0.25) is 10.2 Å². The zero-order chi connectivity index (χ0) is 24.8. The third-order valence-electron chi connectivity index (χ3n) is 5.44. The standard InChI is InChI=1S/C24H28N8O2S/c1-31-9-11-32(12-10-31)19-6-5-18(35-24-28-8-7-21(30-24)29-22(33)15-25)14-20(19)34-17-4-2-3-16(13-17)23(26)27/h2-8,13-14H,9-12,15,25H2,1H3,(H3,26,27)(H,28,29,30,33). The van der Waals surface area contributed by atoms with Crippen LogP contribution in [0.2, 0.25) is 0 Å². The third-order valence-corrected chi connectivity index (χ3v) is 6.31. The molecular weight excluding hydrogens is 464 g/mol. The second-order valence-electron chi connectivity index (χ2n) is 8.04. The van der Waals surface area contributed by atoms with E-state index in [1.807, 2.05) is 30.3 Å². The number of carbonyl (C=O) groups excluding carboxylic acids is 1. The lowest BCUT2D eigenvalue weighted by atomic mass is 10.2. The number of benzene rings is 2. The van der Waals surface area contributed by atoms with Gasteiger partial charge in [-0.1, -0.05) is 12.1 Å². The van der Waals surface area contributed by atoms with Gasteiger partial charge in [-0.15, -0.1) is 0 Å². The molecule has 2 heterocycles. The van der Waals surface area contributed by atoms with Crippen LogP contribution in [0.5, 0.6) is 11.5 Å². The normalized spacial score (nSPS) is 13.9. The first-order valence-corrected chi connectivity index (χ1v) is 11.9. The van der Waals surface area contributed by atoms with Gasteiger partial charge < -0.3 is 31.3 Å². The minimum Gasteiger partial charge on any atom is -0.455 e. The molecule has 2 aromatic carbocycles. The average molecular weight is 493 g/mol. The number of hydrogen-bond acceptors (Lipinski definition) is 9. The predicted octanol–water partition coefficient (Wildman–Crippen LogP) is 2.35. The highest BCUT2D eigenvalue weighted by molar-refractivity contribution is 7.99. The van der Waals surface area contributed by atoms with E-state index >= 15 is 0 Å². The van der Waals surface area contributed by atoms with Gasteiger partial charge in [0.2, 0.25) is 5.91 Å². The van der Waals surface area contributed by atoms with Gasteiger partial charge in [-0.2, -0.15) is 0 Å². The summed E-state index contributed by atoms with van der Waals surface area (Å²) in [5.74, 6) is 1.34. The van der Waals surface area contributed by atoms with Gasteiger partial charge in [-0.25, -0.2) is 9.97 Å². The first kappa shape index (κ1) is 24.5. The average Bonchev–Trinajstić information content (AvgIpc) is 2.85. The zero-order valence-corrected chi connectivity index (χ0v) is 20.2. The maximum Gasteiger partial charge on any atom is 0.239 e. The van der Waals surface area contributed by atoms with Crippen molar-refractivity contribution >= 4 is 35.0 Å². The lowest BCUT2D eigenvalue weighted by molar-refractivity contribution is -0.114. The summed E-state index contributed by atoms with van der Waals surface area (Å²) in [7, 11) is 2.12. The second kappa shape index (κ2) is 11.2. The molecule has 1 aromatic heterocycles. The summed E-state index contributed by atoms with van der Waals surface area (Å²) in [6, 6.07) is 14.8. The number of nitrogens with one attached hydrogen (secondary N) is 2. The van der Waals surface area contributed by atoms with Crippen LogP contribution in [0.25, 0.3) is 0 Å². The van der Waals surface area contributed by atoms with Crippen molar-refractivity contribution in [3.05, 3.63) is 60.3 Å². The molecule has 35 heavy (non-hydrogen) atoms. The van der Waals surface area contributed by atoms with E-state index in [-0.39, 0.29) is 18.3 Å². The molecule has 0 unspecified atom stereocenters. The molecule has 182 valence electrons. The van der Waals surface area contributed by atoms with Crippen molar-refractivity contribution in [3.63, 3.8) is 0 Å². The zero-order valence-electron chi connectivity index (χ0n) is 19.4. The minimum absolute atomic E-state index is 0.0159. The van der Waals surface area contributed by atoms with Crippen LogP contribution < -0.4 is 26.4 Å². The maximum absolute atomic E-state index is 11.6. The number of aromatic nitrogens is 2. The number of hydrogen-bond donors (Lipinski definition) is 4. The molecule has 0 radical (unpaired) electrons. The Morgan fingerprint density at radius 2 is 1.97 bits per heavy atom. The highest BCUT2D eigenvalue weighted by atomic mass is 32.2. The van der Waals surface area contributed by atoms with Crippen molar-refractivity contribution in [1.82, 2.24) is 14.9 Å². The summed E-state index contributed by atoms with van der Waals surface area (Å²) in [6.07, 6.45) is 1.59. The lowest BCUT2D eigenvalue weighted by Gasteiger charge is -2.35. The molecule has 4 rings (SSSR count). The largest absolute Gasteiger partial charge is 0.455 e. The van der Waals surface area contributed by atoms with Crippen LogP contribution in [0.3, 0.4) is 0 Å². The molecule has 0 bridgehead atoms. The molecular formula is C24H28N8O2S. The monoisotopic (exact) mass is 492 g/mol. The highest BCUT2D eigenvalue weighted by Gasteiger charge is 2.19. The van der Waals surface area contributed by atoms with E-state index in [0.29, 0.717) is 28.0 Å². The fourth-order valence-electron chi connectivity index (χ4n) is 3.56. The summed E-state index contributed by atoms with van der Waals surface area (Å²) in [5.41, 5.74) is 12.6. The predicted molar refractivity (Wildman–Crippen MR) is 138 cm³/mol. The van der Waals surface area contributed by atoms with Crippen LogP contribution in [0, 0.1) is 5.41 Å². The number of carbonyl (C=O) groups is 1. The molecule has 0 atom stereocenters. The number of nitrogens with zero attached hydrogens (tertiary/aromatic N) is 4. The Morgan fingerprint density at radius 1 is 1.17 bits per heavy atom. The number of nitrogen functional groups attached to an aromatic ring is 1. The van der Waals surface area contributed by atoms with E-state index in [1.165, 1.54) is 11.8 Å². The second-order valence-corrected chi connectivity index (χ2v) is 9.08. The Labute approximate surface area is 208 Å². The molecule has 1 aliphatic heterocycles. The number of likely N-dealkylation sites (N-methyl/N-ethyl adjacent to an activating group) is 1. The molecule has 1 aliphatic rings.